The molecule has 2 aromatic heterocycles. The van der Waals surface area contributed by atoms with E-state index in [1.165, 1.54) is 36.0 Å². The Balaban J connectivity index is 1.30. The first-order valence-corrected chi connectivity index (χ1v) is 17.3. The molecular formula is C36H51N7O2. The number of fused-ring (bicyclic) bond motifs is 1. The van der Waals surface area contributed by atoms with Gasteiger partial charge < -0.3 is 15.7 Å². The van der Waals surface area contributed by atoms with Crippen molar-refractivity contribution in [2.45, 2.75) is 109 Å². The first-order valence-electron chi connectivity index (χ1n) is 17.3. The number of hydrogen-bond acceptors (Lipinski definition) is 7. The third-order valence-corrected chi connectivity index (χ3v) is 10.8. The van der Waals surface area contributed by atoms with Crippen molar-refractivity contribution in [1.82, 2.24) is 24.6 Å². The number of aryl methyl sites for hydroxylation is 2. The lowest BCUT2D eigenvalue weighted by molar-refractivity contribution is -0.143. The fourth-order valence-electron chi connectivity index (χ4n) is 7.98. The topological polar surface area (TPSA) is 108 Å². The van der Waals surface area contributed by atoms with Gasteiger partial charge in [-0.25, -0.2) is 4.98 Å². The van der Waals surface area contributed by atoms with Crippen molar-refractivity contribution < 1.29 is 9.90 Å². The second-order valence-electron chi connectivity index (χ2n) is 13.8. The summed E-state index contributed by atoms with van der Waals surface area (Å²) in [5.41, 5.74) is 4.93. The first-order chi connectivity index (χ1) is 21.9. The largest absolute Gasteiger partial charge is 0.481 e. The maximum absolute atomic E-state index is 11.6. The number of nitrogens with one attached hydrogen (secondary N) is 2. The highest BCUT2D eigenvalue weighted by atomic mass is 16.4. The van der Waals surface area contributed by atoms with Crippen LogP contribution < -0.4 is 10.6 Å². The normalized spacial score (nSPS) is 25.2. The van der Waals surface area contributed by atoms with Crippen molar-refractivity contribution in [2.24, 2.45) is 18.9 Å². The molecular weight excluding hydrogens is 562 g/mol. The van der Waals surface area contributed by atoms with Crippen molar-refractivity contribution in [3.63, 3.8) is 0 Å². The van der Waals surface area contributed by atoms with Crippen LogP contribution in [0.4, 0.5) is 11.8 Å². The monoisotopic (exact) mass is 613 g/mol. The Morgan fingerprint density at radius 2 is 1.84 bits per heavy atom. The Morgan fingerprint density at radius 1 is 1.04 bits per heavy atom. The van der Waals surface area contributed by atoms with Crippen LogP contribution in [0.15, 0.2) is 42.7 Å². The zero-order valence-electron chi connectivity index (χ0n) is 27.3. The van der Waals surface area contributed by atoms with Crippen LogP contribution in [-0.2, 0) is 24.7 Å². The average Bonchev–Trinajstić information content (AvgIpc) is 3.50. The fraction of sp³-hybridized carbons (Fsp3) is 0.611. The first kappa shape index (κ1) is 31.5. The van der Waals surface area contributed by atoms with Crippen LogP contribution in [0.2, 0.25) is 0 Å². The molecule has 1 aromatic carbocycles. The van der Waals surface area contributed by atoms with Crippen LogP contribution >= 0.6 is 0 Å². The van der Waals surface area contributed by atoms with Gasteiger partial charge in [0.2, 0.25) is 5.95 Å². The molecule has 3 aromatic rings. The zero-order chi connectivity index (χ0) is 31.3. The molecule has 9 nitrogen and oxygen atoms in total. The number of carbonyl (C=O) groups is 1. The Hall–Kier alpha value is -3.46. The van der Waals surface area contributed by atoms with Crippen molar-refractivity contribution in [3.8, 4) is 0 Å². The minimum atomic E-state index is -0.654. The van der Waals surface area contributed by atoms with E-state index < -0.39 is 5.97 Å². The van der Waals surface area contributed by atoms with Gasteiger partial charge in [0.1, 0.15) is 5.82 Å². The fourth-order valence-corrected chi connectivity index (χ4v) is 7.98. The number of nitrogens with zero attached hydrogens (tertiary/aromatic N) is 5. The van der Waals surface area contributed by atoms with Gasteiger partial charge in [0.05, 0.1) is 23.9 Å². The van der Waals surface area contributed by atoms with Gasteiger partial charge in [0.25, 0.3) is 0 Å². The average molecular weight is 614 g/mol. The number of carboxylic acids is 1. The molecule has 6 rings (SSSR count). The molecule has 2 aliphatic carbocycles. The number of aliphatic carboxylic acids is 1. The Kier molecular flexibility index (Phi) is 10.0. The summed E-state index contributed by atoms with van der Waals surface area (Å²) in [5.74, 6) is 1.63. The van der Waals surface area contributed by atoms with Crippen molar-refractivity contribution >= 4 is 17.7 Å². The molecule has 0 amide bonds. The summed E-state index contributed by atoms with van der Waals surface area (Å²) < 4.78 is 1.89. The van der Waals surface area contributed by atoms with E-state index in [0.29, 0.717) is 23.8 Å². The van der Waals surface area contributed by atoms with E-state index in [-0.39, 0.29) is 18.0 Å². The lowest BCUT2D eigenvalue weighted by atomic mass is 9.78. The molecule has 1 aliphatic heterocycles. The molecule has 0 spiro atoms. The lowest BCUT2D eigenvalue weighted by Crippen LogP contribution is -2.41. The number of hydrogen-bond donors (Lipinski definition) is 3. The number of rotatable bonds is 11. The molecule has 45 heavy (non-hydrogen) atoms. The van der Waals surface area contributed by atoms with E-state index in [1.54, 1.807) is 0 Å². The number of likely N-dealkylation sites (tertiary alicyclic amines) is 1. The molecule has 9 heteroatoms. The quantitative estimate of drug-likeness (QED) is 0.222. The number of piperidine rings is 1. The smallest absolute Gasteiger partial charge is 0.306 e. The van der Waals surface area contributed by atoms with Gasteiger partial charge >= 0.3 is 5.97 Å². The van der Waals surface area contributed by atoms with Gasteiger partial charge in [0.15, 0.2) is 0 Å². The predicted octanol–water partition coefficient (Wildman–Crippen LogP) is 6.59. The zero-order valence-corrected chi connectivity index (χ0v) is 27.3. The number of anilines is 2. The molecule has 0 bridgehead atoms. The Labute approximate surface area is 268 Å². The molecule has 3 N–H and O–H groups in total. The van der Waals surface area contributed by atoms with Gasteiger partial charge in [-0.1, -0.05) is 43.7 Å². The molecule has 3 aliphatic rings. The minimum Gasteiger partial charge on any atom is -0.481 e. The predicted molar refractivity (Wildman–Crippen MR) is 178 cm³/mol. The highest BCUT2D eigenvalue weighted by molar-refractivity contribution is 5.70. The van der Waals surface area contributed by atoms with E-state index in [0.717, 1.165) is 76.0 Å². The maximum atomic E-state index is 11.6. The molecule has 4 atom stereocenters. The maximum Gasteiger partial charge on any atom is 0.306 e. The van der Waals surface area contributed by atoms with E-state index in [9.17, 15) is 9.90 Å². The summed E-state index contributed by atoms with van der Waals surface area (Å²) in [5, 5.41) is 21.8. The van der Waals surface area contributed by atoms with Crippen molar-refractivity contribution in [3.05, 3.63) is 65.1 Å². The Bertz CT molecular complexity index is 1420. The van der Waals surface area contributed by atoms with E-state index in [2.05, 4.69) is 71.0 Å². The molecule has 2 fully saturated rings. The summed E-state index contributed by atoms with van der Waals surface area (Å²) in [6, 6.07) is 11.7. The second kappa shape index (κ2) is 14.3. The summed E-state index contributed by atoms with van der Waals surface area (Å²) in [6.07, 6.45) is 15.1. The molecule has 1 saturated heterocycles. The van der Waals surface area contributed by atoms with E-state index >= 15 is 0 Å². The van der Waals surface area contributed by atoms with Crippen LogP contribution in [0.1, 0.15) is 106 Å². The third kappa shape index (κ3) is 7.51. The molecule has 242 valence electrons. The Morgan fingerprint density at radius 3 is 2.53 bits per heavy atom. The van der Waals surface area contributed by atoms with Gasteiger partial charge in [-0.05, 0) is 95.1 Å². The molecule has 0 unspecified atom stereocenters. The molecule has 0 radical (unpaired) electrons. The van der Waals surface area contributed by atoms with Crippen LogP contribution in [0.3, 0.4) is 0 Å². The summed E-state index contributed by atoms with van der Waals surface area (Å²) >= 11 is 0. The summed E-state index contributed by atoms with van der Waals surface area (Å²) in [7, 11) is 1.98. The van der Waals surface area contributed by atoms with Gasteiger partial charge in [0, 0.05) is 43.0 Å². The van der Waals surface area contributed by atoms with E-state index in [4.69, 9.17) is 9.97 Å². The van der Waals surface area contributed by atoms with Gasteiger partial charge in [-0.2, -0.15) is 10.1 Å². The highest BCUT2D eigenvalue weighted by Gasteiger charge is 2.32. The number of aromatic nitrogens is 4. The SMILES string of the molecule is CC[C@@H](Nc1nc2c(c(N[C@@H](CN3CCCC[C@@H]3C)c3cnn(C)c3)n1)C[C@H](c1ccccc1)CC2)C1CCC(C(=O)O)CC1. The van der Waals surface area contributed by atoms with Crippen molar-refractivity contribution in [1.29, 1.82) is 0 Å². The summed E-state index contributed by atoms with van der Waals surface area (Å²) in [4.78, 5) is 24.6. The van der Waals surface area contributed by atoms with Crippen LogP contribution in [0, 0.1) is 11.8 Å². The second-order valence-corrected chi connectivity index (χ2v) is 13.8. The molecule has 1 saturated carbocycles. The highest BCUT2D eigenvalue weighted by Crippen LogP contribution is 2.38. The lowest BCUT2D eigenvalue weighted by Gasteiger charge is -2.36. The number of benzene rings is 1. The molecule has 3 heterocycles. The van der Waals surface area contributed by atoms with Gasteiger partial charge in [-0.3, -0.25) is 14.4 Å². The summed E-state index contributed by atoms with van der Waals surface area (Å²) in [6.45, 7) is 6.59. The van der Waals surface area contributed by atoms with Gasteiger partial charge in [-0.15, -0.1) is 0 Å². The van der Waals surface area contributed by atoms with Crippen molar-refractivity contribution in [2.75, 3.05) is 23.7 Å². The third-order valence-electron chi connectivity index (χ3n) is 10.8. The van der Waals surface area contributed by atoms with Crippen LogP contribution in [-0.4, -0.2) is 60.9 Å². The van der Waals surface area contributed by atoms with E-state index in [1.807, 2.05) is 17.9 Å². The standard InChI is InChI=1S/C36H51N7O2/c1-4-31(26-13-15-27(16-14-26)35(44)45)39-36-40-32-18-17-28(25-11-6-5-7-12-25)20-30(32)34(41-36)38-33(29-21-37-42(3)22-29)23-43-19-9-8-10-24(43)2/h5-7,11-12,21-22,24,26-28,31,33H,4,8-10,13-20,23H2,1-3H3,(H,44,45)(H2,38,39,40,41)/t24-,26?,27?,28+,31+,33-/m0/s1. The minimum absolute atomic E-state index is 0.0523. The van der Waals surface area contributed by atoms with Crippen LogP contribution in [0.5, 0.6) is 0 Å². The number of carboxylic acid groups (broad SMARTS) is 1. The van der Waals surface area contributed by atoms with Crippen LogP contribution in [0.25, 0.3) is 0 Å².